The lowest BCUT2D eigenvalue weighted by atomic mass is 9.98. The predicted molar refractivity (Wildman–Crippen MR) is 81.6 cm³/mol. The van der Waals surface area contributed by atoms with Crippen LogP contribution in [0.3, 0.4) is 0 Å². The highest BCUT2D eigenvalue weighted by Crippen LogP contribution is 2.21. The van der Waals surface area contributed by atoms with E-state index in [0.29, 0.717) is 0 Å². The van der Waals surface area contributed by atoms with Crippen molar-refractivity contribution < 1.29 is 0 Å². The van der Waals surface area contributed by atoms with Gasteiger partial charge in [-0.25, -0.2) is 0 Å². The van der Waals surface area contributed by atoms with Crippen LogP contribution in [0.15, 0.2) is 0 Å². The molecule has 0 aromatic carbocycles. The van der Waals surface area contributed by atoms with Gasteiger partial charge < -0.3 is 10.2 Å². The number of hydrogen-bond acceptors (Lipinski definition) is 4. The molecular weight excluding hydrogens is 236 g/mol. The van der Waals surface area contributed by atoms with Crippen LogP contribution in [-0.2, 0) is 0 Å². The van der Waals surface area contributed by atoms with Gasteiger partial charge in [0, 0.05) is 50.3 Å². The van der Waals surface area contributed by atoms with E-state index >= 15 is 0 Å². The molecule has 0 aromatic heterocycles. The van der Waals surface area contributed by atoms with E-state index < -0.39 is 0 Å². The first-order chi connectivity index (χ1) is 9.01. The summed E-state index contributed by atoms with van der Waals surface area (Å²) in [7, 11) is 6.45. The van der Waals surface area contributed by atoms with E-state index in [1.54, 1.807) is 0 Å². The lowest BCUT2D eigenvalue weighted by molar-refractivity contribution is 0.0231. The van der Waals surface area contributed by atoms with Gasteiger partial charge in [-0.05, 0) is 47.8 Å². The Morgan fingerprint density at radius 3 is 1.89 bits per heavy atom. The van der Waals surface area contributed by atoms with Crippen molar-refractivity contribution >= 4 is 0 Å². The molecule has 2 heterocycles. The van der Waals surface area contributed by atoms with E-state index in [1.807, 2.05) is 0 Å². The molecule has 2 aliphatic heterocycles. The molecular formula is C15H32N4. The van der Waals surface area contributed by atoms with Crippen molar-refractivity contribution in [1.29, 1.82) is 0 Å². The molecule has 2 aliphatic rings. The van der Waals surface area contributed by atoms with E-state index in [0.717, 1.165) is 24.2 Å². The molecule has 0 bridgehead atoms. The third-order valence-electron chi connectivity index (χ3n) is 5.19. The zero-order valence-corrected chi connectivity index (χ0v) is 13.4. The minimum absolute atomic E-state index is 0.733. The number of likely N-dealkylation sites (N-methyl/N-ethyl adjacent to an activating group) is 2. The molecule has 19 heavy (non-hydrogen) atoms. The van der Waals surface area contributed by atoms with Crippen LogP contribution < -0.4 is 5.32 Å². The summed E-state index contributed by atoms with van der Waals surface area (Å²) in [5.74, 6) is 0. The molecule has 0 radical (unpaired) electrons. The number of nitrogens with one attached hydrogen (secondary N) is 1. The van der Waals surface area contributed by atoms with E-state index in [2.05, 4.69) is 55.0 Å². The first-order valence-electron chi connectivity index (χ1n) is 7.83. The topological polar surface area (TPSA) is 21.8 Å². The SMILES string of the molecule is CNC1CN(C(C)CCC(C)N2CC(N(C)C)C2)C1. The van der Waals surface area contributed by atoms with Crippen molar-refractivity contribution in [3.63, 3.8) is 0 Å². The van der Waals surface area contributed by atoms with Crippen molar-refractivity contribution in [2.75, 3.05) is 47.3 Å². The lowest BCUT2D eigenvalue weighted by Gasteiger charge is -2.47. The van der Waals surface area contributed by atoms with Gasteiger partial charge >= 0.3 is 0 Å². The predicted octanol–water partition coefficient (Wildman–Crippen LogP) is 0.693. The Balaban J connectivity index is 1.58. The monoisotopic (exact) mass is 268 g/mol. The Morgan fingerprint density at radius 1 is 1.00 bits per heavy atom. The van der Waals surface area contributed by atoms with Crippen LogP contribution in [0, 0.1) is 0 Å². The lowest BCUT2D eigenvalue weighted by Crippen LogP contribution is -2.61. The van der Waals surface area contributed by atoms with Crippen molar-refractivity contribution in [2.24, 2.45) is 0 Å². The van der Waals surface area contributed by atoms with E-state index in [1.165, 1.54) is 39.0 Å². The minimum Gasteiger partial charge on any atom is -0.315 e. The van der Waals surface area contributed by atoms with Crippen molar-refractivity contribution in [3.05, 3.63) is 0 Å². The highest BCUT2D eigenvalue weighted by atomic mass is 15.3. The fourth-order valence-corrected chi connectivity index (χ4v) is 3.08. The minimum atomic E-state index is 0.733. The number of rotatable bonds is 7. The number of hydrogen-bond donors (Lipinski definition) is 1. The molecule has 4 nitrogen and oxygen atoms in total. The smallest absolute Gasteiger partial charge is 0.0344 e. The highest BCUT2D eigenvalue weighted by molar-refractivity contribution is 4.90. The summed E-state index contributed by atoms with van der Waals surface area (Å²) < 4.78 is 0. The fourth-order valence-electron chi connectivity index (χ4n) is 3.08. The average Bonchev–Trinajstić information content (AvgIpc) is 2.22. The van der Waals surface area contributed by atoms with Crippen LogP contribution in [0.4, 0.5) is 0 Å². The molecule has 112 valence electrons. The Hall–Kier alpha value is -0.160. The maximum atomic E-state index is 3.35. The van der Waals surface area contributed by atoms with Crippen LogP contribution in [0.5, 0.6) is 0 Å². The van der Waals surface area contributed by atoms with Gasteiger partial charge in [-0.3, -0.25) is 9.80 Å². The molecule has 2 saturated heterocycles. The molecule has 4 heteroatoms. The maximum absolute atomic E-state index is 3.35. The normalized spacial score (nSPS) is 26.2. The van der Waals surface area contributed by atoms with Gasteiger partial charge in [0.1, 0.15) is 0 Å². The molecule has 0 aromatic rings. The van der Waals surface area contributed by atoms with Crippen LogP contribution >= 0.6 is 0 Å². The summed E-state index contributed by atoms with van der Waals surface area (Å²) >= 11 is 0. The highest BCUT2D eigenvalue weighted by Gasteiger charge is 2.32. The Kier molecular flexibility index (Phi) is 5.23. The summed E-state index contributed by atoms with van der Waals surface area (Å²) in [6.45, 7) is 9.77. The van der Waals surface area contributed by atoms with E-state index in [9.17, 15) is 0 Å². The summed E-state index contributed by atoms with van der Waals surface area (Å²) in [4.78, 5) is 7.58. The molecule has 0 saturated carbocycles. The molecule has 2 unspecified atom stereocenters. The van der Waals surface area contributed by atoms with Gasteiger partial charge in [0.25, 0.3) is 0 Å². The zero-order chi connectivity index (χ0) is 14.0. The Labute approximate surface area is 119 Å². The summed E-state index contributed by atoms with van der Waals surface area (Å²) in [5.41, 5.74) is 0. The summed E-state index contributed by atoms with van der Waals surface area (Å²) in [6.07, 6.45) is 2.67. The van der Waals surface area contributed by atoms with Crippen LogP contribution in [-0.4, -0.2) is 86.2 Å². The third-order valence-corrected chi connectivity index (χ3v) is 5.19. The van der Waals surface area contributed by atoms with Crippen LogP contribution in [0.1, 0.15) is 26.7 Å². The van der Waals surface area contributed by atoms with Crippen molar-refractivity contribution in [2.45, 2.75) is 50.9 Å². The van der Waals surface area contributed by atoms with Gasteiger partial charge in [-0.2, -0.15) is 0 Å². The van der Waals surface area contributed by atoms with Gasteiger partial charge in [0.2, 0.25) is 0 Å². The van der Waals surface area contributed by atoms with Crippen molar-refractivity contribution in [3.8, 4) is 0 Å². The second-order valence-electron chi connectivity index (χ2n) is 6.79. The molecule has 2 atom stereocenters. The van der Waals surface area contributed by atoms with Crippen molar-refractivity contribution in [1.82, 2.24) is 20.0 Å². The van der Waals surface area contributed by atoms with E-state index in [4.69, 9.17) is 0 Å². The molecule has 0 spiro atoms. The number of nitrogens with zero attached hydrogens (tertiary/aromatic N) is 3. The summed E-state index contributed by atoms with van der Waals surface area (Å²) in [6, 6.07) is 3.01. The van der Waals surface area contributed by atoms with E-state index in [-0.39, 0.29) is 0 Å². The number of likely N-dealkylation sites (tertiary alicyclic amines) is 2. The third kappa shape index (κ3) is 3.69. The van der Waals surface area contributed by atoms with Crippen LogP contribution in [0.25, 0.3) is 0 Å². The molecule has 0 aliphatic carbocycles. The molecule has 2 fully saturated rings. The second-order valence-corrected chi connectivity index (χ2v) is 6.79. The summed E-state index contributed by atoms with van der Waals surface area (Å²) in [5, 5.41) is 3.35. The van der Waals surface area contributed by atoms with Gasteiger partial charge in [0.15, 0.2) is 0 Å². The average molecular weight is 268 g/mol. The maximum Gasteiger partial charge on any atom is 0.0344 e. The molecule has 2 rings (SSSR count). The first-order valence-corrected chi connectivity index (χ1v) is 7.83. The van der Waals surface area contributed by atoms with Crippen LogP contribution in [0.2, 0.25) is 0 Å². The first kappa shape index (κ1) is 15.2. The molecule has 1 N–H and O–H groups in total. The zero-order valence-electron chi connectivity index (χ0n) is 13.4. The molecule has 0 amide bonds. The Bertz CT molecular complexity index is 269. The standard InChI is InChI=1S/C15H32N4/c1-12(18-8-14(9-18)16-3)6-7-13(2)19-10-15(11-19)17(4)5/h12-16H,6-11H2,1-5H3. The van der Waals surface area contributed by atoms with Gasteiger partial charge in [0.05, 0.1) is 0 Å². The second kappa shape index (κ2) is 6.53. The largest absolute Gasteiger partial charge is 0.315 e. The van der Waals surface area contributed by atoms with Gasteiger partial charge in [-0.1, -0.05) is 0 Å². The van der Waals surface area contributed by atoms with Gasteiger partial charge in [-0.15, -0.1) is 0 Å². The Morgan fingerprint density at radius 2 is 1.47 bits per heavy atom. The quantitative estimate of drug-likeness (QED) is 0.733. The fraction of sp³-hybridized carbons (Fsp3) is 1.00.